The zero-order valence-electron chi connectivity index (χ0n) is 20.0. The molecular weight excluding hydrogens is 518 g/mol. The molecule has 0 bridgehead atoms. The van der Waals surface area contributed by atoms with E-state index in [1.165, 1.54) is 5.69 Å². The molecule has 3 aromatic heterocycles. The first-order valence-electron chi connectivity index (χ1n) is 12.1. The monoisotopic (exact) mass is 543 g/mol. The molecule has 2 aromatic carbocycles. The Kier molecular flexibility index (Phi) is 6.10. The average molecular weight is 544 g/mol. The normalized spacial score (nSPS) is 13.6. The number of aromatic nitrogens is 7. The van der Waals surface area contributed by atoms with Crippen LogP contribution in [-0.4, -0.2) is 54.1 Å². The van der Waals surface area contributed by atoms with Crippen LogP contribution in [0, 0.1) is 6.92 Å². The first-order valence-corrected chi connectivity index (χ1v) is 12.9. The third-order valence-electron chi connectivity index (χ3n) is 6.52. The number of imidazole rings is 1. The largest absolute Gasteiger partial charge is 0.354 e. The van der Waals surface area contributed by atoms with E-state index >= 15 is 0 Å². The smallest absolute Gasteiger partial charge is 0.225 e. The van der Waals surface area contributed by atoms with Gasteiger partial charge >= 0.3 is 0 Å². The molecule has 0 amide bonds. The van der Waals surface area contributed by atoms with Gasteiger partial charge in [0.1, 0.15) is 11.6 Å². The molecule has 6 rings (SSSR count). The number of anilines is 2. The molecule has 0 radical (unpaired) electrons. The van der Waals surface area contributed by atoms with Crippen molar-refractivity contribution in [1.29, 1.82) is 0 Å². The molecule has 4 heterocycles. The second kappa shape index (κ2) is 9.69. The summed E-state index contributed by atoms with van der Waals surface area (Å²) in [5, 5.41) is 13.0. The van der Waals surface area contributed by atoms with E-state index in [2.05, 4.69) is 59.0 Å². The Morgan fingerprint density at radius 1 is 1.00 bits per heavy atom. The molecule has 1 aliphatic rings. The van der Waals surface area contributed by atoms with Crippen LogP contribution < -0.4 is 10.2 Å². The Bertz CT molecular complexity index is 1510. The molecular formula is C26H26BrN9. The van der Waals surface area contributed by atoms with Gasteiger partial charge in [-0.1, -0.05) is 29.5 Å². The van der Waals surface area contributed by atoms with Crippen molar-refractivity contribution in [3.63, 3.8) is 0 Å². The number of hydrogen-bond acceptors (Lipinski definition) is 7. The van der Waals surface area contributed by atoms with Crippen LogP contribution in [-0.2, 0) is 19.4 Å². The van der Waals surface area contributed by atoms with Gasteiger partial charge in [0.2, 0.25) is 5.95 Å². The van der Waals surface area contributed by atoms with Crippen molar-refractivity contribution < 1.29 is 0 Å². The molecule has 0 aliphatic carbocycles. The Balaban J connectivity index is 1.22. The summed E-state index contributed by atoms with van der Waals surface area (Å²) in [6.45, 7) is 5.38. The fourth-order valence-electron chi connectivity index (χ4n) is 4.64. The fraction of sp³-hybridized carbons (Fsp3) is 0.269. The molecule has 5 aromatic rings. The number of fused-ring (bicyclic) bond motifs is 2. The van der Waals surface area contributed by atoms with Crippen molar-refractivity contribution in [3.05, 3.63) is 82.6 Å². The van der Waals surface area contributed by atoms with Gasteiger partial charge in [-0.2, -0.15) is 4.98 Å². The summed E-state index contributed by atoms with van der Waals surface area (Å²) in [4.78, 5) is 16.7. The van der Waals surface area contributed by atoms with Gasteiger partial charge in [0.05, 0.1) is 23.1 Å². The van der Waals surface area contributed by atoms with Crippen LogP contribution in [0.5, 0.6) is 0 Å². The summed E-state index contributed by atoms with van der Waals surface area (Å²) in [7, 11) is 0. The van der Waals surface area contributed by atoms with Crippen molar-refractivity contribution >= 4 is 38.6 Å². The lowest BCUT2D eigenvalue weighted by Crippen LogP contribution is -2.28. The van der Waals surface area contributed by atoms with Crippen LogP contribution in [0.3, 0.4) is 0 Å². The number of nitrogens with zero attached hydrogens (tertiary/aromatic N) is 8. The van der Waals surface area contributed by atoms with Crippen LogP contribution in [0.25, 0.3) is 16.6 Å². The lowest BCUT2D eigenvalue weighted by molar-refractivity contribution is 0.670. The summed E-state index contributed by atoms with van der Waals surface area (Å²) in [5.41, 5.74) is 4.00. The van der Waals surface area contributed by atoms with E-state index in [0.29, 0.717) is 18.9 Å². The molecule has 10 heteroatoms. The number of rotatable bonds is 6. The predicted molar refractivity (Wildman–Crippen MR) is 144 cm³/mol. The molecule has 1 N–H and O–H groups in total. The van der Waals surface area contributed by atoms with Gasteiger partial charge < -0.3 is 14.8 Å². The highest BCUT2D eigenvalue weighted by Crippen LogP contribution is 2.31. The van der Waals surface area contributed by atoms with E-state index in [1.54, 1.807) is 4.68 Å². The van der Waals surface area contributed by atoms with E-state index in [0.717, 1.165) is 64.5 Å². The fourth-order valence-corrected chi connectivity index (χ4v) is 5.09. The zero-order chi connectivity index (χ0) is 24.5. The SMILES string of the molecule is Cc1cnc2n1CCN(c1nc(NCCc3cn(-c4ccccc4)nn3)nc3c(Br)cccc13)CC2. The van der Waals surface area contributed by atoms with Gasteiger partial charge in [0.15, 0.2) is 0 Å². The van der Waals surface area contributed by atoms with Crippen molar-refractivity contribution in [2.75, 3.05) is 29.9 Å². The van der Waals surface area contributed by atoms with Crippen molar-refractivity contribution in [1.82, 2.24) is 34.5 Å². The van der Waals surface area contributed by atoms with Crippen molar-refractivity contribution in [2.24, 2.45) is 0 Å². The third kappa shape index (κ3) is 4.44. The summed E-state index contributed by atoms with van der Waals surface area (Å²) in [6.07, 6.45) is 5.52. The highest BCUT2D eigenvalue weighted by Gasteiger charge is 2.20. The molecule has 9 nitrogen and oxygen atoms in total. The lowest BCUT2D eigenvalue weighted by Gasteiger charge is -2.23. The van der Waals surface area contributed by atoms with Crippen LogP contribution >= 0.6 is 15.9 Å². The van der Waals surface area contributed by atoms with Gasteiger partial charge in [-0.05, 0) is 47.1 Å². The van der Waals surface area contributed by atoms with E-state index in [1.807, 2.05) is 54.9 Å². The Labute approximate surface area is 217 Å². The first kappa shape index (κ1) is 22.7. The molecule has 0 unspecified atom stereocenters. The van der Waals surface area contributed by atoms with Crippen LogP contribution in [0.4, 0.5) is 11.8 Å². The van der Waals surface area contributed by atoms with E-state index in [9.17, 15) is 0 Å². The maximum atomic E-state index is 4.97. The van der Waals surface area contributed by atoms with Gasteiger partial charge in [0, 0.05) is 60.8 Å². The summed E-state index contributed by atoms with van der Waals surface area (Å²) >= 11 is 3.69. The highest BCUT2D eigenvalue weighted by molar-refractivity contribution is 9.10. The number of nitrogens with one attached hydrogen (secondary N) is 1. The first-order chi connectivity index (χ1) is 17.7. The minimum absolute atomic E-state index is 0.609. The topological polar surface area (TPSA) is 89.6 Å². The Hall–Kier alpha value is -3.79. The van der Waals surface area contributed by atoms with Crippen LogP contribution in [0.1, 0.15) is 17.2 Å². The molecule has 0 saturated heterocycles. The minimum atomic E-state index is 0.609. The second-order valence-corrected chi connectivity index (χ2v) is 9.73. The zero-order valence-corrected chi connectivity index (χ0v) is 21.6. The van der Waals surface area contributed by atoms with Crippen molar-refractivity contribution in [2.45, 2.75) is 26.3 Å². The van der Waals surface area contributed by atoms with Gasteiger partial charge in [-0.25, -0.2) is 14.6 Å². The summed E-state index contributed by atoms with van der Waals surface area (Å²) in [5.74, 6) is 2.69. The highest BCUT2D eigenvalue weighted by atomic mass is 79.9. The van der Waals surface area contributed by atoms with Gasteiger partial charge in [-0.15, -0.1) is 5.10 Å². The van der Waals surface area contributed by atoms with Crippen LogP contribution in [0.15, 0.2) is 65.4 Å². The van der Waals surface area contributed by atoms with Crippen molar-refractivity contribution in [3.8, 4) is 5.69 Å². The van der Waals surface area contributed by atoms with E-state index in [-0.39, 0.29) is 0 Å². The minimum Gasteiger partial charge on any atom is -0.354 e. The Morgan fingerprint density at radius 3 is 2.78 bits per heavy atom. The molecule has 1 aliphatic heterocycles. The summed E-state index contributed by atoms with van der Waals surface area (Å²) < 4.78 is 5.06. The standard InChI is InChI=1S/C26H26BrN9/c1-18-16-29-23-11-13-34(14-15-35(18)23)25-21-8-5-9-22(27)24(21)30-26(31-25)28-12-10-19-17-36(33-32-19)20-6-3-2-4-7-20/h2-9,16-17H,10-15H2,1H3,(H,28,30,31). The predicted octanol–water partition coefficient (Wildman–Crippen LogP) is 4.20. The van der Waals surface area contributed by atoms with Gasteiger partial charge in [0.25, 0.3) is 0 Å². The number of aryl methyl sites for hydroxylation is 1. The lowest BCUT2D eigenvalue weighted by atomic mass is 10.2. The third-order valence-corrected chi connectivity index (χ3v) is 7.16. The van der Waals surface area contributed by atoms with E-state index in [4.69, 9.17) is 9.97 Å². The maximum Gasteiger partial charge on any atom is 0.225 e. The number of para-hydroxylation sites is 2. The van der Waals surface area contributed by atoms with Crippen LogP contribution in [0.2, 0.25) is 0 Å². The second-order valence-electron chi connectivity index (χ2n) is 8.88. The number of hydrogen-bond donors (Lipinski definition) is 1. The molecule has 0 fully saturated rings. The van der Waals surface area contributed by atoms with Gasteiger partial charge in [-0.3, -0.25) is 0 Å². The Morgan fingerprint density at radius 2 is 1.89 bits per heavy atom. The molecule has 0 saturated carbocycles. The molecule has 182 valence electrons. The number of benzene rings is 2. The molecule has 0 atom stereocenters. The molecule has 0 spiro atoms. The average Bonchev–Trinajstić information content (AvgIpc) is 3.45. The maximum absolute atomic E-state index is 4.97. The quantitative estimate of drug-likeness (QED) is 0.343. The van der Waals surface area contributed by atoms with E-state index < -0.39 is 0 Å². The summed E-state index contributed by atoms with van der Waals surface area (Å²) in [6, 6.07) is 16.1. The molecule has 36 heavy (non-hydrogen) atoms. The number of halogens is 1.